The Morgan fingerprint density at radius 2 is 1.66 bits per heavy atom. The summed E-state index contributed by atoms with van der Waals surface area (Å²) < 4.78 is 14.1. The second-order valence-corrected chi connectivity index (χ2v) is 11.2. The van der Waals surface area contributed by atoms with Crippen LogP contribution >= 0.6 is 23.4 Å². The van der Waals surface area contributed by atoms with E-state index in [1.807, 2.05) is 48.5 Å². The van der Waals surface area contributed by atoms with Gasteiger partial charge in [-0.15, -0.1) is 11.8 Å². The van der Waals surface area contributed by atoms with E-state index in [0.717, 1.165) is 36.8 Å². The molecular weight excluding hydrogens is 519 g/mol. The van der Waals surface area contributed by atoms with E-state index in [1.165, 1.54) is 24.2 Å². The van der Waals surface area contributed by atoms with Crippen LogP contribution in [0.1, 0.15) is 48.8 Å². The van der Waals surface area contributed by atoms with Gasteiger partial charge in [0.2, 0.25) is 11.8 Å². The molecule has 3 aromatic rings. The van der Waals surface area contributed by atoms with Gasteiger partial charge in [0.05, 0.1) is 5.75 Å². The molecule has 0 heterocycles. The minimum Gasteiger partial charge on any atom is -0.352 e. The van der Waals surface area contributed by atoms with Crippen LogP contribution in [-0.4, -0.2) is 34.6 Å². The normalized spacial score (nSPS) is 14.6. The summed E-state index contributed by atoms with van der Waals surface area (Å²) in [6.07, 6.45) is 5.73. The molecule has 38 heavy (non-hydrogen) atoms. The van der Waals surface area contributed by atoms with Gasteiger partial charge >= 0.3 is 0 Å². The molecule has 1 aliphatic rings. The average molecular weight is 553 g/mol. The standard InChI is InChI=1S/C31H34ClFN2O2S/c32-26-14-9-12-24(18-26)20-35(30(36)22-38-21-25-13-7-8-17-28(25)33)29(19-23-10-3-1-4-11-23)31(37)34-27-15-5-2-6-16-27/h1,3-4,7-14,17-18,27,29H,2,5-6,15-16,19-22H2,(H,34,37)/t29-/m1/s1. The number of nitrogens with one attached hydrogen (secondary N) is 1. The molecule has 0 spiro atoms. The molecule has 7 heteroatoms. The molecule has 1 fully saturated rings. The third-order valence-corrected chi connectivity index (χ3v) is 8.11. The number of nitrogens with zero attached hydrogens (tertiary/aromatic N) is 1. The number of halogens is 2. The molecule has 0 saturated heterocycles. The summed E-state index contributed by atoms with van der Waals surface area (Å²) in [6, 6.07) is 23.2. The lowest BCUT2D eigenvalue weighted by Crippen LogP contribution is -2.53. The van der Waals surface area contributed by atoms with E-state index in [1.54, 1.807) is 29.2 Å². The lowest BCUT2D eigenvalue weighted by molar-refractivity contribution is -0.139. The maximum atomic E-state index is 14.1. The van der Waals surface area contributed by atoms with Crippen molar-refractivity contribution in [2.75, 3.05) is 5.75 Å². The number of carbonyl (C=O) groups excluding carboxylic acids is 2. The Kier molecular flexibility index (Phi) is 10.6. The number of thioether (sulfide) groups is 1. The number of carbonyl (C=O) groups is 2. The second-order valence-electron chi connectivity index (χ2n) is 9.78. The molecule has 3 aromatic carbocycles. The second kappa shape index (κ2) is 14.4. The van der Waals surface area contributed by atoms with E-state index in [-0.39, 0.29) is 36.0 Å². The molecule has 0 aromatic heterocycles. The van der Waals surface area contributed by atoms with Gasteiger partial charge in [0.15, 0.2) is 0 Å². The van der Waals surface area contributed by atoms with E-state index in [4.69, 9.17) is 11.6 Å². The van der Waals surface area contributed by atoms with Gasteiger partial charge in [-0.05, 0) is 47.7 Å². The Bertz CT molecular complexity index is 1200. The molecule has 1 saturated carbocycles. The van der Waals surface area contributed by atoms with Crippen molar-refractivity contribution in [2.24, 2.45) is 0 Å². The van der Waals surface area contributed by atoms with E-state index >= 15 is 0 Å². The molecule has 1 aliphatic carbocycles. The first kappa shape index (κ1) is 28.2. The summed E-state index contributed by atoms with van der Waals surface area (Å²) in [5.74, 6) is -0.0592. The van der Waals surface area contributed by atoms with Crippen molar-refractivity contribution in [2.45, 2.75) is 62.9 Å². The Labute approximate surface area is 234 Å². The predicted octanol–water partition coefficient (Wildman–Crippen LogP) is 6.80. The quantitative estimate of drug-likeness (QED) is 0.284. The van der Waals surface area contributed by atoms with Gasteiger partial charge in [-0.1, -0.05) is 91.5 Å². The highest BCUT2D eigenvalue weighted by Gasteiger charge is 2.32. The minimum absolute atomic E-state index is 0.129. The van der Waals surface area contributed by atoms with Crippen molar-refractivity contribution in [3.63, 3.8) is 0 Å². The first-order valence-electron chi connectivity index (χ1n) is 13.2. The largest absolute Gasteiger partial charge is 0.352 e. The zero-order valence-electron chi connectivity index (χ0n) is 21.5. The van der Waals surface area contributed by atoms with Crippen molar-refractivity contribution in [1.29, 1.82) is 0 Å². The molecule has 4 rings (SSSR count). The summed E-state index contributed by atoms with van der Waals surface area (Å²) in [7, 11) is 0. The monoisotopic (exact) mass is 552 g/mol. The molecule has 0 radical (unpaired) electrons. The van der Waals surface area contributed by atoms with Crippen molar-refractivity contribution in [1.82, 2.24) is 10.2 Å². The van der Waals surface area contributed by atoms with Crippen molar-refractivity contribution in [3.05, 3.63) is 106 Å². The molecule has 0 unspecified atom stereocenters. The SMILES string of the molecule is O=C(NC1CCCCC1)[C@@H](Cc1ccccc1)N(Cc1cccc(Cl)c1)C(=O)CSCc1ccccc1F. The van der Waals surface area contributed by atoms with Crippen LogP contribution in [0.4, 0.5) is 4.39 Å². The zero-order valence-corrected chi connectivity index (χ0v) is 23.0. The lowest BCUT2D eigenvalue weighted by atomic mass is 9.94. The highest BCUT2D eigenvalue weighted by Crippen LogP contribution is 2.22. The summed E-state index contributed by atoms with van der Waals surface area (Å²) >= 11 is 7.61. The van der Waals surface area contributed by atoms with Crippen molar-refractivity contribution >= 4 is 35.2 Å². The van der Waals surface area contributed by atoms with Crippen LogP contribution < -0.4 is 5.32 Å². The lowest BCUT2D eigenvalue weighted by Gasteiger charge is -2.33. The van der Waals surface area contributed by atoms with Crippen LogP contribution in [-0.2, 0) is 28.3 Å². The maximum absolute atomic E-state index is 14.1. The van der Waals surface area contributed by atoms with Crippen LogP contribution in [0.5, 0.6) is 0 Å². The predicted molar refractivity (Wildman–Crippen MR) is 154 cm³/mol. The smallest absolute Gasteiger partial charge is 0.243 e. The van der Waals surface area contributed by atoms with Gasteiger partial charge < -0.3 is 10.2 Å². The number of amides is 2. The Morgan fingerprint density at radius 1 is 0.947 bits per heavy atom. The molecule has 0 aliphatic heterocycles. The minimum atomic E-state index is -0.681. The molecule has 200 valence electrons. The molecule has 1 N–H and O–H groups in total. The third-order valence-electron chi connectivity index (χ3n) is 6.91. The first-order chi connectivity index (χ1) is 18.5. The van der Waals surface area contributed by atoms with Crippen LogP contribution in [0.25, 0.3) is 0 Å². The molecule has 2 amide bonds. The summed E-state index contributed by atoms with van der Waals surface area (Å²) in [4.78, 5) is 29.2. The molecule has 0 bridgehead atoms. The van der Waals surface area contributed by atoms with Gasteiger partial charge in [0.1, 0.15) is 11.9 Å². The number of hydrogen-bond donors (Lipinski definition) is 1. The van der Waals surface area contributed by atoms with E-state index < -0.39 is 6.04 Å². The summed E-state index contributed by atoms with van der Waals surface area (Å²) in [5.41, 5.74) is 2.40. The Balaban J connectivity index is 1.57. The number of rotatable bonds is 11. The fourth-order valence-corrected chi connectivity index (χ4v) is 5.99. The Morgan fingerprint density at radius 3 is 2.39 bits per heavy atom. The Hall–Kier alpha value is -2.83. The van der Waals surface area contributed by atoms with Crippen molar-refractivity contribution < 1.29 is 14.0 Å². The fraction of sp³-hybridized carbons (Fsp3) is 0.355. The zero-order chi connectivity index (χ0) is 26.7. The van der Waals surface area contributed by atoms with Crippen molar-refractivity contribution in [3.8, 4) is 0 Å². The van der Waals surface area contributed by atoms with Crippen LogP contribution in [0.2, 0.25) is 5.02 Å². The van der Waals surface area contributed by atoms with Gasteiger partial charge in [-0.2, -0.15) is 0 Å². The van der Waals surface area contributed by atoms with Gasteiger partial charge in [-0.3, -0.25) is 9.59 Å². The first-order valence-corrected chi connectivity index (χ1v) is 14.7. The highest BCUT2D eigenvalue weighted by atomic mass is 35.5. The summed E-state index contributed by atoms with van der Waals surface area (Å²) in [6.45, 7) is 0.259. The van der Waals surface area contributed by atoms with Gasteiger partial charge in [0.25, 0.3) is 0 Å². The van der Waals surface area contributed by atoms with Gasteiger partial charge in [-0.25, -0.2) is 4.39 Å². The fourth-order valence-electron chi connectivity index (χ4n) is 4.88. The van der Waals surface area contributed by atoms with Crippen LogP contribution in [0.15, 0.2) is 78.9 Å². The maximum Gasteiger partial charge on any atom is 0.243 e. The van der Waals surface area contributed by atoms with Gasteiger partial charge in [0, 0.05) is 29.8 Å². The number of benzene rings is 3. The average Bonchev–Trinajstić information content (AvgIpc) is 2.93. The summed E-state index contributed by atoms with van der Waals surface area (Å²) in [5, 5.41) is 3.82. The highest BCUT2D eigenvalue weighted by molar-refractivity contribution is 7.99. The van der Waals surface area contributed by atoms with Crippen LogP contribution in [0.3, 0.4) is 0 Å². The topological polar surface area (TPSA) is 49.4 Å². The van der Waals surface area contributed by atoms with E-state index in [0.29, 0.717) is 22.8 Å². The molecular formula is C31H34ClFN2O2S. The molecule has 4 nitrogen and oxygen atoms in total. The van der Waals surface area contributed by atoms with Crippen LogP contribution in [0, 0.1) is 5.82 Å². The van der Waals surface area contributed by atoms with E-state index in [2.05, 4.69) is 5.32 Å². The molecule has 1 atom stereocenters. The number of hydrogen-bond acceptors (Lipinski definition) is 3. The van der Waals surface area contributed by atoms with E-state index in [9.17, 15) is 14.0 Å². The third kappa shape index (κ3) is 8.34.